The average molecular weight is 310 g/mol. The summed E-state index contributed by atoms with van der Waals surface area (Å²) in [6.07, 6.45) is 0. The van der Waals surface area contributed by atoms with Crippen molar-refractivity contribution in [1.82, 2.24) is 0 Å². The molecule has 0 saturated heterocycles. The average Bonchev–Trinajstić information content (AvgIpc) is 2.34. The van der Waals surface area contributed by atoms with Gasteiger partial charge in [0.1, 0.15) is 5.75 Å². The van der Waals surface area contributed by atoms with Gasteiger partial charge in [-0.3, -0.25) is 0 Å². The first-order chi connectivity index (χ1) is 8.58. The summed E-state index contributed by atoms with van der Waals surface area (Å²) in [5, 5.41) is 0. The number of hydrogen-bond acceptors (Lipinski definition) is 2. The van der Waals surface area contributed by atoms with Crippen molar-refractivity contribution in [3.63, 3.8) is 0 Å². The molecular formula is C14H13BrFNO. The largest absolute Gasteiger partial charge is 0.454 e. The van der Waals surface area contributed by atoms with Crippen LogP contribution in [0.4, 0.5) is 4.39 Å². The van der Waals surface area contributed by atoms with E-state index < -0.39 is 5.82 Å². The van der Waals surface area contributed by atoms with Gasteiger partial charge in [0, 0.05) is 16.1 Å². The summed E-state index contributed by atoms with van der Waals surface area (Å²) in [7, 11) is 0. The Morgan fingerprint density at radius 2 is 1.83 bits per heavy atom. The molecule has 18 heavy (non-hydrogen) atoms. The van der Waals surface area contributed by atoms with Crippen LogP contribution in [0.2, 0.25) is 0 Å². The van der Waals surface area contributed by atoms with Crippen LogP contribution in [0.1, 0.15) is 18.5 Å². The van der Waals surface area contributed by atoms with Crippen molar-refractivity contribution >= 4 is 15.9 Å². The molecule has 0 bridgehead atoms. The molecule has 0 aliphatic heterocycles. The van der Waals surface area contributed by atoms with Crippen molar-refractivity contribution in [2.45, 2.75) is 13.0 Å². The molecule has 0 fully saturated rings. The Kier molecular flexibility index (Phi) is 3.99. The molecule has 0 saturated carbocycles. The third kappa shape index (κ3) is 2.89. The molecule has 0 amide bonds. The lowest BCUT2D eigenvalue weighted by Gasteiger charge is -2.14. The van der Waals surface area contributed by atoms with Crippen LogP contribution in [0.5, 0.6) is 11.5 Å². The number of halogens is 2. The van der Waals surface area contributed by atoms with Gasteiger partial charge in [0.2, 0.25) is 0 Å². The van der Waals surface area contributed by atoms with Gasteiger partial charge in [0.25, 0.3) is 0 Å². The molecule has 0 aromatic heterocycles. The highest BCUT2D eigenvalue weighted by Gasteiger charge is 2.13. The van der Waals surface area contributed by atoms with Gasteiger partial charge >= 0.3 is 0 Å². The predicted octanol–water partition coefficient (Wildman–Crippen LogP) is 4.40. The van der Waals surface area contributed by atoms with Gasteiger partial charge < -0.3 is 10.5 Å². The zero-order chi connectivity index (χ0) is 13.1. The number of nitrogens with two attached hydrogens (primary N) is 1. The first kappa shape index (κ1) is 13.1. The molecular weight excluding hydrogens is 297 g/mol. The molecule has 2 N–H and O–H groups in total. The van der Waals surface area contributed by atoms with Gasteiger partial charge in [0.15, 0.2) is 11.6 Å². The SMILES string of the molecule is C[C@H](N)c1cccc(F)c1Oc1ccc(Br)cc1. The van der Waals surface area contributed by atoms with E-state index >= 15 is 0 Å². The zero-order valence-corrected chi connectivity index (χ0v) is 11.4. The summed E-state index contributed by atoms with van der Waals surface area (Å²) in [6.45, 7) is 1.79. The summed E-state index contributed by atoms with van der Waals surface area (Å²) < 4.78 is 20.3. The lowest BCUT2D eigenvalue weighted by atomic mass is 10.1. The summed E-state index contributed by atoms with van der Waals surface area (Å²) in [6, 6.07) is 11.7. The van der Waals surface area contributed by atoms with Crippen LogP contribution in [0.15, 0.2) is 46.9 Å². The van der Waals surface area contributed by atoms with Crippen molar-refractivity contribution in [3.05, 3.63) is 58.3 Å². The standard InChI is InChI=1S/C14H13BrFNO/c1-9(17)12-3-2-4-13(16)14(12)18-11-7-5-10(15)6-8-11/h2-9H,17H2,1H3/t9-/m0/s1. The molecule has 0 aliphatic rings. The highest BCUT2D eigenvalue weighted by molar-refractivity contribution is 9.10. The van der Waals surface area contributed by atoms with Gasteiger partial charge in [-0.05, 0) is 37.3 Å². The van der Waals surface area contributed by atoms with E-state index in [4.69, 9.17) is 10.5 Å². The molecule has 0 unspecified atom stereocenters. The predicted molar refractivity (Wildman–Crippen MR) is 73.2 cm³/mol. The van der Waals surface area contributed by atoms with Crippen LogP contribution in [0.25, 0.3) is 0 Å². The molecule has 0 spiro atoms. The van der Waals surface area contributed by atoms with Crippen LogP contribution in [0, 0.1) is 5.82 Å². The highest BCUT2D eigenvalue weighted by atomic mass is 79.9. The Morgan fingerprint density at radius 3 is 2.44 bits per heavy atom. The van der Waals surface area contributed by atoms with Crippen molar-refractivity contribution in [2.75, 3.05) is 0 Å². The third-order valence-electron chi connectivity index (χ3n) is 2.52. The fraction of sp³-hybridized carbons (Fsp3) is 0.143. The van der Waals surface area contributed by atoms with Gasteiger partial charge in [-0.2, -0.15) is 0 Å². The Labute approximate surface area is 114 Å². The van der Waals surface area contributed by atoms with E-state index in [1.807, 2.05) is 12.1 Å². The van der Waals surface area contributed by atoms with E-state index in [1.54, 1.807) is 31.2 Å². The van der Waals surface area contributed by atoms with E-state index in [1.165, 1.54) is 6.07 Å². The molecule has 4 heteroatoms. The van der Waals surface area contributed by atoms with Crippen molar-refractivity contribution in [2.24, 2.45) is 5.73 Å². The Hall–Kier alpha value is -1.39. The topological polar surface area (TPSA) is 35.2 Å². The summed E-state index contributed by atoms with van der Waals surface area (Å²) in [5.74, 6) is 0.354. The Bertz CT molecular complexity index is 540. The van der Waals surface area contributed by atoms with E-state index in [0.717, 1.165) is 4.47 Å². The molecule has 0 radical (unpaired) electrons. The van der Waals surface area contributed by atoms with Crippen LogP contribution in [0.3, 0.4) is 0 Å². The maximum atomic E-state index is 13.8. The molecule has 0 heterocycles. The van der Waals surface area contributed by atoms with Crippen LogP contribution in [-0.2, 0) is 0 Å². The molecule has 2 aromatic carbocycles. The minimum absolute atomic E-state index is 0.190. The Morgan fingerprint density at radius 1 is 1.17 bits per heavy atom. The minimum Gasteiger partial charge on any atom is -0.454 e. The van der Waals surface area contributed by atoms with Crippen LogP contribution >= 0.6 is 15.9 Å². The van der Waals surface area contributed by atoms with Gasteiger partial charge in [-0.15, -0.1) is 0 Å². The monoisotopic (exact) mass is 309 g/mol. The summed E-state index contributed by atoms with van der Waals surface area (Å²) >= 11 is 3.33. The minimum atomic E-state index is -0.410. The molecule has 2 rings (SSSR count). The fourth-order valence-electron chi connectivity index (χ4n) is 1.61. The number of ether oxygens (including phenoxy) is 1. The fourth-order valence-corrected chi connectivity index (χ4v) is 1.88. The maximum Gasteiger partial charge on any atom is 0.167 e. The number of para-hydroxylation sites is 1. The molecule has 0 aliphatic carbocycles. The summed E-state index contributed by atoms with van der Waals surface area (Å²) in [5.41, 5.74) is 6.46. The van der Waals surface area contributed by atoms with Crippen molar-refractivity contribution in [1.29, 1.82) is 0 Å². The van der Waals surface area contributed by atoms with Crippen LogP contribution < -0.4 is 10.5 Å². The second kappa shape index (κ2) is 5.50. The van der Waals surface area contributed by atoms with Gasteiger partial charge in [-0.25, -0.2) is 4.39 Å². The van der Waals surface area contributed by atoms with E-state index in [-0.39, 0.29) is 11.8 Å². The second-order valence-electron chi connectivity index (χ2n) is 4.00. The maximum absolute atomic E-state index is 13.8. The van der Waals surface area contributed by atoms with Gasteiger partial charge in [-0.1, -0.05) is 28.1 Å². The smallest absolute Gasteiger partial charge is 0.167 e. The molecule has 2 aromatic rings. The lowest BCUT2D eigenvalue weighted by Crippen LogP contribution is -2.07. The van der Waals surface area contributed by atoms with E-state index in [2.05, 4.69) is 15.9 Å². The Balaban J connectivity index is 2.36. The lowest BCUT2D eigenvalue weighted by molar-refractivity contribution is 0.432. The first-order valence-electron chi connectivity index (χ1n) is 5.55. The van der Waals surface area contributed by atoms with Crippen LogP contribution in [-0.4, -0.2) is 0 Å². The summed E-state index contributed by atoms with van der Waals surface area (Å²) in [4.78, 5) is 0. The number of hydrogen-bond donors (Lipinski definition) is 1. The van der Waals surface area contributed by atoms with Gasteiger partial charge in [0.05, 0.1) is 0 Å². The first-order valence-corrected chi connectivity index (χ1v) is 6.34. The zero-order valence-electron chi connectivity index (χ0n) is 9.86. The normalized spacial score (nSPS) is 12.2. The molecule has 1 atom stereocenters. The van der Waals surface area contributed by atoms with E-state index in [0.29, 0.717) is 11.3 Å². The molecule has 2 nitrogen and oxygen atoms in total. The number of rotatable bonds is 3. The second-order valence-corrected chi connectivity index (χ2v) is 4.92. The highest BCUT2D eigenvalue weighted by Crippen LogP contribution is 2.31. The number of benzene rings is 2. The third-order valence-corrected chi connectivity index (χ3v) is 3.05. The van der Waals surface area contributed by atoms with Crippen molar-refractivity contribution in [3.8, 4) is 11.5 Å². The molecule has 94 valence electrons. The quantitative estimate of drug-likeness (QED) is 0.912. The van der Waals surface area contributed by atoms with E-state index in [9.17, 15) is 4.39 Å². The van der Waals surface area contributed by atoms with Crippen molar-refractivity contribution < 1.29 is 9.13 Å².